The minimum Gasteiger partial charge on any atom is -0.381 e. The van der Waals surface area contributed by atoms with Gasteiger partial charge in [0.25, 0.3) is 0 Å². The smallest absolute Gasteiger partial charge is 0.224 e. The lowest BCUT2D eigenvalue weighted by atomic mass is 10.0. The zero-order valence-corrected chi connectivity index (χ0v) is 12.9. The number of anilines is 2. The summed E-state index contributed by atoms with van der Waals surface area (Å²) in [5, 5.41) is 6.28. The Hall–Kier alpha value is -2.29. The van der Waals surface area contributed by atoms with Crippen molar-refractivity contribution in [2.45, 2.75) is 33.7 Å². The van der Waals surface area contributed by atoms with E-state index in [0.717, 1.165) is 17.9 Å². The molecule has 0 atom stereocenters. The highest BCUT2D eigenvalue weighted by atomic mass is 16.1. The summed E-state index contributed by atoms with van der Waals surface area (Å²) in [6.45, 7) is 6.89. The first-order chi connectivity index (χ1) is 10.1. The molecule has 0 saturated heterocycles. The molecule has 3 nitrogen and oxygen atoms in total. The summed E-state index contributed by atoms with van der Waals surface area (Å²) in [7, 11) is 0. The van der Waals surface area contributed by atoms with Crippen molar-refractivity contribution >= 4 is 17.3 Å². The van der Waals surface area contributed by atoms with Gasteiger partial charge < -0.3 is 10.6 Å². The molecule has 0 heterocycles. The highest BCUT2D eigenvalue weighted by molar-refractivity contribution is 5.90. The molecule has 0 aliphatic heterocycles. The molecule has 21 heavy (non-hydrogen) atoms. The number of amides is 1. The van der Waals surface area contributed by atoms with E-state index in [1.165, 1.54) is 16.7 Å². The molecular formula is C18H22N2O. The minimum atomic E-state index is 0.0293. The molecule has 3 heteroatoms. The van der Waals surface area contributed by atoms with E-state index in [9.17, 15) is 4.79 Å². The van der Waals surface area contributed by atoms with Crippen molar-refractivity contribution in [2.75, 3.05) is 10.6 Å². The Balaban J connectivity index is 2.05. The van der Waals surface area contributed by atoms with Crippen molar-refractivity contribution < 1.29 is 4.79 Å². The molecule has 0 aliphatic carbocycles. The van der Waals surface area contributed by atoms with Gasteiger partial charge in [0.15, 0.2) is 0 Å². The van der Waals surface area contributed by atoms with Gasteiger partial charge >= 0.3 is 0 Å². The van der Waals surface area contributed by atoms with E-state index < -0.39 is 0 Å². The molecule has 2 aromatic rings. The highest BCUT2D eigenvalue weighted by Crippen LogP contribution is 2.18. The molecule has 2 rings (SSSR count). The lowest BCUT2D eigenvalue weighted by Gasteiger charge is -2.12. The Morgan fingerprint density at radius 3 is 2.52 bits per heavy atom. The largest absolute Gasteiger partial charge is 0.381 e. The van der Waals surface area contributed by atoms with Gasteiger partial charge in [-0.05, 0) is 48.7 Å². The van der Waals surface area contributed by atoms with E-state index in [1.54, 1.807) is 0 Å². The predicted molar refractivity (Wildman–Crippen MR) is 88.6 cm³/mol. The quantitative estimate of drug-likeness (QED) is 0.860. The van der Waals surface area contributed by atoms with Crippen molar-refractivity contribution in [3.8, 4) is 0 Å². The van der Waals surface area contributed by atoms with Gasteiger partial charge in [-0.3, -0.25) is 4.79 Å². The van der Waals surface area contributed by atoms with Crippen LogP contribution in [-0.2, 0) is 11.3 Å². The Labute approximate surface area is 126 Å². The van der Waals surface area contributed by atoms with Crippen molar-refractivity contribution in [1.29, 1.82) is 0 Å². The number of rotatable bonds is 5. The number of hydrogen-bond acceptors (Lipinski definition) is 2. The minimum absolute atomic E-state index is 0.0293. The SMILES string of the molecule is CCC(=O)Nc1cccc(NCc2cccc(C)c2C)c1. The molecule has 0 aromatic heterocycles. The Morgan fingerprint density at radius 2 is 1.76 bits per heavy atom. The van der Waals surface area contributed by atoms with Crippen molar-refractivity contribution in [3.63, 3.8) is 0 Å². The van der Waals surface area contributed by atoms with Crippen LogP contribution in [0.1, 0.15) is 30.0 Å². The maximum absolute atomic E-state index is 11.4. The lowest BCUT2D eigenvalue weighted by molar-refractivity contribution is -0.115. The van der Waals surface area contributed by atoms with E-state index in [-0.39, 0.29) is 5.91 Å². The topological polar surface area (TPSA) is 41.1 Å². The number of aryl methyl sites for hydroxylation is 1. The number of nitrogens with one attached hydrogen (secondary N) is 2. The molecular weight excluding hydrogens is 260 g/mol. The first-order valence-corrected chi connectivity index (χ1v) is 7.29. The van der Waals surface area contributed by atoms with E-state index in [4.69, 9.17) is 0 Å². The molecule has 0 radical (unpaired) electrons. The summed E-state index contributed by atoms with van der Waals surface area (Å²) in [6, 6.07) is 14.1. The van der Waals surface area contributed by atoms with E-state index in [2.05, 4.69) is 42.7 Å². The maximum Gasteiger partial charge on any atom is 0.224 e. The third-order valence-corrected chi connectivity index (χ3v) is 3.67. The van der Waals surface area contributed by atoms with Gasteiger partial charge in [0.1, 0.15) is 0 Å². The molecule has 0 bridgehead atoms. The van der Waals surface area contributed by atoms with Crippen LogP contribution in [0.25, 0.3) is 0 Å². The fourth-order valence-electron chi connectivity index (χ4n) is 2.16. The van der Waals surface area contributed by atoms with Crippen LogP contribution in [0.3, 0.4) is 0 Å². The molecule has 0 aliphatic rings. The standard InChI is InChI=1S/C18H22N2O/c1-4-18(21)20-17-10-6-9-16(11-17)19-12-15-8-5-7-13(2)14(15)3/h5-11,19H,4,12H2,1-3H3,(H,20,21). The van der Waals surface area contributed by atoms with Crippen LogP contribution in [0.5, 0.6) is 0 Å². The second-order valence-corrected chi connectivity index (χ2v) is 5.20. The third-order valence-electron chi connectivity index (χ3n) is 3.67. The zero-order valence-electron chi connectivity index (χ0n) is 12.9. The summed E-state index contributed by atoms with van der Waals surface area (Å²) in [5.74, 6) is 0.0293. The first-order valence-electron chi connectivity index (χ1n) is 7.29. The summed E-state index contributed by atoms with van der Waals surface area (Å²) < 4.78 is 0. The van der Waals surface area contributed by atoms with E-state index >= 15 is 0 Å². The number of benzene rings is 2. The van der Waals surface area contributed by atoms with Gasteiger partial charge in [0.05, 0.1) is 0 Å². The fourth-order valence-corrected chi connectivity index (χ4v) is 2.16. The van der Waals surface area contributed by atoms with Crippen LogP contribution in [0.4, 0.5) is 11.4 Å². The molecule has 0 saturated carbocycles. The molecule has 2 aromatic carbocycles. The zero-order chi connectivity index (χ0) is 15.2. The Kier molecular flexibility index (Phi) is 4.99. The second-order valence-electron chi connectivity index (χ2n) is 5.20. The first kappa shape index (κ1) is 15.1. The van der Waals surface area contributed by atoms with Crippen LogP contribution in [0.15, 0.2) is 42.5 Å². The summed E-state index contributed by atoms with van der Waals surface area (Å²) in [5.41, 5.74) is 5.74. The molecule has 0 unspecified atom stereocenters. The average Bonchev–Trinajstić information content (AvgIpc) is 2.49. The van der Waals surface area contributed by atoms with Crippen LogP contribution >= 0.6 is 0 Å². The maximum atomic E-state index is 11.4. The predicted octanol–water partition coefficient (Wildman–Crippen LogP) is 4.26. The van der Waals surface area contributed by atoms with Gasteiger partial charge in [-0.25, -0.2) is 0 Å². The van der Waals surface area contributed by atoms with Crippen molar-refractivity contribution in [2.24, 2.45) is 0 Å². The van der Waals surface area contributed by atoms with E-state index in [1.807, 2.05) is 31.2 Å². The van der Waals surface area contributed by atoms with Crippen molar-refractivity contribution in [3.05, 3.63) is 59.2 Å². The Morgan fingerprint density at radius 1 is 1.05 bits per heavy atom. The molecule has 110 valence electrons. The van der Waals surface area contributed by atoms with Crippen LogP contribution in [-0.4, -0.2) is 5.91 Å². The highest BCUT2D eigenvalue weighted by Gasteiger charge is 2.02. The van der Waals surface area contributed by atoms with Crippen LogP contribution in [0.2, 0.25) is 0 Å². The molecule has 2 N–H and O–H groups in total. The number of hydrogen-bond donors (Lipinski definition) is 2. The second kappa shape index (κ2) is 6.93. The molecule has 0 fully saturated rings. The van der Waals surface area contributed by atoms with Gasteiger partial charge in [0.2, 0.25) is 5.91 Å². The number of carbonyl (C=O) groups excluding carboxylic acids is 1. The van der Waals surface area contributed by atoms with Crippen LogP contribution in [0, 0.1) is 13.8 Å². The van der Waals surface area contributed by atoms with Crippen molar-refractivity contribution in [1.82, 2.24) is 0 Å². The van der Waals surface area contributed by atoms with Crippen LogP contribution < -0.4 is 10.6 Å². The summed E-state index contributed by atoms with van der Waals surface area (Å²) in [6.07, 6.45) is 0.486. The van der Waals surface area contributed by atoms with Gasteiger partial charge in [0, 0.05) is 24.3 Å². The van der Waals surface area contributed by atoms with Gasteiger partial charge in [-0.1, -0.05) is 31.2 Å². The summed E-state index contributed by atoms with van der Waals surface area (Å²) >= 11 is 0. The fraction of sp³-hybridized carbons (Fsp3) is 0.278. The average molecular weight is 282 g/mol. The molecule has 1 amide bonds. The summed E-state index contributed by atoms with van der Waals surface area (Å²) in [4.78, 5) is 11.4. The monoisotopic (exact) mass is 282 g/mol. The Bertz CT molecular complexity index is 635. The molecule has 0 spiro atoms. The van der Waals surface area contributed by atoms with E-state index in [0.29, 0.717) is 6.42 Å². The van der Waals surface area contributed by atoms with Gasteiger partial charge in [-0.2, -0.15) is 0 Å². The number of carbonyl (C=O) groups is 1. The van der Waals surface area contributed by atoms with Gasteiger partial charge in [-0.15, -0.1) is 0 Å². The normalized spacial score (nSPS) is 10.2. The third kappa shape index (κ3) is 4.09. The lowest BCUT2D eigenvalue weighted by Crippen LogP contribution is -2.09.